The van der Waals surface area contributed by atoms with Crippen LogP contribution in [0.1, 0.15) is 33.1 Å². The van der Waals surface area contributed by atoms with Crippen molar-refractivity contribution in [3.63, 3.8) is 0 Å². The van der Waals surface area contributed by atoms with Gasteiger partial charge in [0, 0.05) is 18.9 Å². The Balaban J connectivity index is 2.56. The van der Waals surface area contributed by atoms with Crippen molar-refractivity contribution in [2.75, 3.05) is 7.05 Å². The fourth-order valence-corrected chi connectivity index (χ4v) is 2.14. The van der Waals surface area contributed by atoms with E-state index in [0.29, 0.717) is 23.7 Å². The number of carbonyl (C=O) groups is 1. The minimum Gasteiger partial charge on any atom is -0.316 e. The first kappa shape index (κ1) is 9.72. The summed E-state index contributed by atoms with van der Waals surface area (Å²) in [5.41, 5.74) is 0. The smallest absolute Gasteiger partial charge is 0.134 e. The lowest BCUT2D eigenvalue weighted by Gasteiger charge is -2.33. The molecule has 1 rings (SSSR count). The first-order chi connectivity index (χ1) is 5.65. The molecule has 0 aromatic rings. The molecule has 0 radical (unpaired) electrons. The van der Waals surface area contributed by atoms with E-state index in [0.717, 1.165) is 19.3 Å². The van der Waals surface area contributed by atoms with Crippen molar-refractivity contribution in [3.05, 3.63) is 0 Å². The fraction of sp³-hybridized carbons (Fsp3) is 0.900. The predicted octanol–water partition coefficient (Wildman–Crippen LogP) is 1.60. The first-order valence-electron chi connectivity index (χ1n) is 4.84. The first-order valence-corrected chi connectivity index (χ1v) is 4.84. The quantitative estimate of drug-likeness (QED) is 0.680. The van der Waals surface area contributed by atoms with E-state index in [4.69, 9.17) is 0 Å². The zero-order valence-electron chi connectivity index (χ0n) is 8.26. The summed E-state index contributed by atoms with van der Waals surface area (Å²) < 4.78 is 0. The minimum atomic E-state index is 0.422. The Morgan fingerprint density at radius 2 is 2.17 bits per heavy atom. The number of carbonyl (C=O) groups excluding carboxylic acids is 1. The van der Waals surface area contributed by atoms with Gasteiger partial charge in [-0.1, -0.05) is 13.8 Å². The Bertz CT molecular complexity index is 165. The van der Waals surface area contributed by atoms with Gasteiger partial charge in [0.15, 0.2) is 0 Å². The van der Waals surface area contributed by atoms with Gasteiger partial charge in [0.25, 0.3) is 0 Å². The summed E-state index contributed by atoms with van der Waals surface area (Å²) in [7, 11) is 1.96. The second kappa shape index (κ2) is 4.04. The summed E-state index contributed by atoms with van der Waals surface area (Å²) in [6.07, 6.45) is 2.60. The van der Waals surface area contributed by atoms with Gasteiger partial charge in [0.1, 0.15) is 5.78 Å². The van der Waals surface area contributed by atoms with Crippen LogP contribution in [0.5, 0.6) is 0 Å². The van der Waals surface area contributed by atoms with E-state index in [2.05, 4.69) is 19.2 Å². The third-order valence-corrected chi connectivity index (χ3v) is 2.95. The highest BCUT2D eigenvalue weighted by atomic mass is 16.1. The summed E-state index contributed by atoms with van der Waals surface area (Å²) in [5.74, 6) is 1.80. The Kier molecular flexibility index (Phi) is 3.27. The average molecular weight is 169 g/mol. The van der Waals surface area contributed by atoms with Gasteiger partial charge >= 0.3 is 0 Å². The summed E-state index contributed by atoms with van der Waals surface area (Å²) >= 11 is 0. The molecule has 0 aromatic heterocycles. The van der Waals surface area contributed by atoms with Crippen LogP contribution in [0.3, 0.4) is 0 Å². The molecule has 2 nitrogen and oxygen atoms in total. The van der Waals surface area contributed by atoms with Crippen LogP contribution >= 0.6 is 0 Å². The van der Waals surface area contributed by atoms with Crippen molar-refractivity contribution in [1.29, 1.82) is 0 Å². The van der Waals surface area contributed by atoms with Crippen LogP contribution in [-0.4, -0.2) is 18.9 Å². The van der Waals surface area contributed by atoms with E-state index in [-0.39, 0.29) is 0 Å². The van der Waals surface area contributed by atoms with E-state index < -0.39 is 0 Å². The molecule has 0 amide bonds. The molecule has 1 N–H and O–H groups in total. The second-order valence-corrected chi connectivity index (χ2v) is 4.08. The molecule has 0 bridgehead atoms. The zero-order chi connectivity index (χ0) is 9.14. The lowest BCUT2D eigenvalue weighted by Crippen LogP contribution is -2.41. The highest BCUT2D eigenvalue weighted by molar-refractivity contribution is 5.79. The molecule has 0 aliphatic heterocycles. The average Bonchev–Trinajstić information content (AvgIpc) is 2.03. The van der Waals surface area contributed by atoms with Gasteiger partial charge in [0.05, 0.1) is 0 Å². The van der Waals surface area contributed by atoms with Gasteiger partial charge in [-0.15, -0.1) is 0 Å². The number of hydrogen-bond acceptors (Lipinski definition) is 2. The molecule has 1 fully saturated rings. The van der Waals surface area contributed by atoms with Gasteiger partial charge < -0.3 is 5.32 Å². The maximum atomic E-state index is 11.2. The number of nitrogens with one attached hydrogen (secondary N) is 1. The number of rotatable bonds is 2. The zero-order valence-corrected chi connectivity index (χ0v) is 8.26. The summed E-state index contributed by atoms with van der Waals surface area (Å²) in [6, 6.07) is 0.422. The molecule has 0 heterocycles. The molecule has 1 saturated carbocycles. The molecule has 2 heteroatoms. The largest absolute Gasteiger partial charge is 0.316 e. The second-order valence-electron chi connectivity index (χ2n) is 4.08. The van der Waals surface area contributed by atoms with E-state index >= 15 is 0 Å². The van der Waals surface area contributed by atoms with Crippen molar-refractivity contribution in [3.8, 4) is 0 Å². The van der Waals surface area contributed by atoms with Crippen LogP contribution < -0.4 is 5.32 Å². The predicted molar refractivity (Wildman–Crippen MR) is 50.0 cm³/mol. The Morgan fingerprint density at radius 1 is 1.50 bits per heavy atom. The standard InChI is InChI=1S/C10H19NO/c1-7(2)9-5-4-8(12)6-10(9)11-3/h7,9-11H,4-6H2,1-3H3. The van der Waals surface area contributed by atoms with E-state index in [1.165, 1.54) is 0 Å². The fourth-order valence-electron chi connectivity index (χ4n) is 2.14. The van der Waals surface area contributed by atoms with Gasteiger partial charge in [-0.2, -0.15) is 0 Å². The van der Waals surface area contributed by atoms with Crippen LogP contribution in [0.2, 0.25) is 0 Å². The molecule has 2 unspecified atom stereocenters. The van der Waals surface area contributed by atoms with Gasteiger partial charge in [-0.05, 0) is 25.3 Å². The summed E-state index contributed by atoms with van der Waals surface area (Å²) in [6.45, 7) is 4.48. The maximum Gasteiger partial charge on any atom is 0.134 e. The lowest BCUT2D eigenvalue weighted by atomic mass is 9.77. The number of hydrogen-bond donors (Lipinski definition) is 1. The number of Topliss-reactive ketones (excluding diaryl/α,β-unsaturated/α-hetero) is 1. The van der Waals surface area contributed by atoms with Crippen LogP contribution in [-0.2, 0) is 4.79 Å². The molecule has 1 aliphatic rings. The summed E-state index contributed by atoms with van der Waals surface area (Å²) in [4.78, 5) is 11.2. The molecule has 0 saturated heterocycles. The lowest BCUT2D eigenvalue weighted by molar-refractivity contribution is -0.122. The Labute approximate surface area is 74.7 Å². The summed E-state index contributed by atoms with van der Waals surface area (Å²) in [5, 5.41) is 3.24. The van der Waals surface area contributed by atoms with Gasteiger partial charge in [-0.25, -0.2) is 0 Å². The SMILES string of the molecule is CNC1CC(=O)CCC1C(C)C. The van der Waals surface area contributed by atoms with Crippen LogP contribution in [0.25, 0.3) is 0 Å². The van der Waals surface area contributed by atoms with Crippen molar-refractivity contribution >= 4 is 5.78 Å². The molecular formula is C10H19NO. The highest BCUT2D eigenvalue weighted by Crippen LogP contribution is 2.28. The highest BCUT2D eigenvalue weighted by Gasteiger charge is 2.29. The van der Waals surface area contributed by atoms with Crippen LogP contribution in [0, 0.1) is 11.8 Å². The topological polar surface area (TPSA) is 29.1 Å². The Hall–Kier alpha value is -0.370. The van der Waals surface area contributed by atoms with Gasteiger partial charge in [0.2, 0.25) is 0 Å². The third-order valence-electron chi connectivity index (χ3n) is 2.95. The Morgan fingerprint density at radius 3 is 2.67 bits per heavy atom. The van der Waals surface area contributed by atoms with E-state index in [9.17, 15) is 4.79 Å². The molecule has 0 aromatic carbocycles. The van der Waals surface area contributed by atoms with Crippen molar-refractivity contribution in [1.82, 2.24) is 5.32 Å². The molecule has 70 valence electrons. The molecule has 2 atom stereocenters. The normalized spacial score (nSPS) is 31.2. The van der Waals surface area contributed by atoms with Gasteiger partial charge in [-0.3, -0.25) is 4.79 Å². The minimum absolute atomic E-state index is 0.422. The van der Waals surface area contributed by atoms with E-state index in [1.54, 1.807) is 0 Å². The maximum absolute atomic E-state index is 11.2. The third kappa shape index (κ3) is 2.07. The monoisotopic (exact) mass is 169 g/mol. The molecule has 12 heavy (non-hydrogen) atoms. The van der Waals surface area contributed by atoms with Crippen molar-refractivity contribution < 1.29 is 4.79 Å². The molecular weight excluding hydrogens is 150 g/mol. The molecule has 1 aliphatic carbocycles. The van der Waals surface area contributed by atoms with Crippen molar-refractivity contribution in [2.45, 2.75) is 39.2 Å². The molecule has 0 spiro atoms. The van der Waals surface area contributed by atoms with E-state index in [1.807, 2.05) is 7.05 Å². The van der Waals surface area contributed by atoms with Crippen LogP contribution in [0.4, 0.5) is 0 Å². The van der Waals surface area contributed by atoms with Crippen LogP contribution in [0.15, 0.2) is 0 Å². The van der Waals surface area contributed by atoms with Crippen molar-refractivity contribution in [2.24, 2.45) is 11.8 Å². The number of ketones is 1.